The summed E-state index contributed by atoms with van der Waals surface area (Å²) in [6, 6.07) is 5.75. The number of esters is 1. The van der Waals surface area contributed by atoms with E-state index in [2.05, 4.69) is 6.07 Å². The van der Waals surface area contributed by atoms with Crippen molar-refractivity contribution in [2.24, 2.45) is 5.73 Å². The number of nitriles is 1. The highest BCUT2D eigenvalue weighted by Crippen LogP contribution is 2.18. The van der Waals surface area contributed by atoms with E-state index in [1.807, 2.05) is 13.0 Å². The summed E-state index contributed by atoms with van der Waals surface area (Å²) in [6.45, 7) is 4.28. The fraction of sp³-hybridized carbons (Fsp3) is 0.385. The Kier molecular flexibility index (Phi) is 4.68. The molecule has 0 atom stereocenters. The molecular weight excluding hydrogens is 216 g/mol. The summed E-state index contributed by atoms with van der Waals surface area (Å²) in [7, 11) is 0. The predicted octanol–water partition coefficient (Wildman–Crippen LogP) is 1.43. The first kappa shape index (κ1) is 13.2. The molecule has 90 valence electrons. The van der Waals surface area contributed by atoms with Crippen LogP contribution in [0.25, 0.3) is 0 Å². The van der Waals surface area contributed by atoms with Crippen molar-refractivity contribution in [2.45, 2.75) is 26.8 Å². The van der Waals surface area contributed by atoms with E-state index in [-0.39, 0.29) is 12.4 Å². The largest absolute Gasteiger partial charge is 0.466 e. The van der Waals surface area contributed by atoms with Gasteiger partial charge in [-0.2, -0.15) is 5.26 Å². The number of ether oxygens (including phenoxy) is 1. The lowest BCUT2D eigenvalue weighted by atomic mass is 9.96. The Labute approximate surface area is 101 Å². The van der Waals surface area contributed by atoms with Crippen LogP contribution in [0.3, 0.4) is 0 Å². The van der Waals surface area contributed by atoms with E-state index in [0.29, 0.717) is 18.7 Å². The Morgan fingerprint density at radius 1 is 1.47 bits per heavy atom. The van der Waals surface area contributed by atoms with Crippen molar-refractivity contribution in [3.63, 3.8) is 0 Å². The first-order chi connectivity index (χ1) is 8.13. The molecule has 4 nitrogen and oxygen atoms in total. The van der Waals surface area contributed by atoms with Gasteiger partial charge < -0.3 is 10.5 Å². The molecule has 0 fully saturated rings. The fourth-order valence-corrected chi connectivity index (χ4v) is 1.70. The van der Waals surface area contributed by atoms with E-state index in [9.17, 15) is 4.79 Å². The first-order valence-electron chi connectivity index (χ1n) is 5.51. The van der Waals surface area contributed by atoms with Gasteiger partial charge in [-0.25, -0.2) is 0 Å². The molecule has 0 bridgehead atoms. The molecule has 0 unspecified atom stereocenters. The second-order valence-corrected chi connectivity index (χ2v) is 3.68. The normalized spacial score (nSPS) is 9.76. The SMILES string of the molecule is CCOC(=O)Cc1ccc(CN)c(C#N)c1C. The second kappa shape index (κ2) is 6.02. The Morgan fingerprint density at radius 2 is 2.12 bits per heavy atom. The number of carbonyl (C=O) groups excluding carboxylic acids is 1. The highest BCUT2D eigenvalue weighted by atomic mass is 16.5. The second-order valence-electron chi connectivity index (χ2n) is 3.68. The molecule has 0 aliphatic carbocycles. The third-order valence-corrected chi connectivity index (χ3v) is 2.64. The van der Waals surface area contributed by atoms with Gasteiger partial charge in [0.1, 0.15) is 0 Å². The monoisotopic (exact) mass is 232 g/mol. The molecule has 0 heterocycles. The van der Waals surface area contributed by atoms with E-state index < -0.39 is 0 Å². The minimum Gasteiger partial charge on any atom is -0.466 e. The standard InChI is InChI=1S/C13H16N2O2/c1-3-17-13(16)6-10-4-5-11(7-14)12(8-15)9(10)2/h4-5H,3,6-7,14H2,1-2H3. The number of hydrogen-bond donors (Lipinski definition) is 1. The van der Waals surface area contributed by atoms with Crippen molar-refractivity contribution in [2.75, 3.05) is 6.61 Å². The topological polar surface area (TPSA) is 76.1 Å². The van der Waals surface area contributed by atoms with Crippen LogP contribution in [-0.4, -0.2) is 12.6 Å². The summed E-state index contributed by atoms with van der Waals surface area (Å²) in [6.07, 6.45) is 0.194. The third-order valence-electron chi connectivity index (χ3n) is 2.64. The molecular formula is C13H16N2O2. The lowest BCUT2D eigenvalue weighted by molar-refractivity contribution is -0.142. The van der Waals surface area contributed by atoms with E-state index in [1.165, 1.54) is 0 Å². The van der Waals surface area contributed by atoms with E-state index in [0.717, 1.165) is 16.7 Å². The maximum absolute atomic E-state index is 11.4. The van der Waals surface area contributed by atoms with Gasteiger partial charge in [0.25, 0.3) is 0 Å². The van der Waals surface area contributed by atoms with Crippen LogP contribution in [0.5, 0.6) is 0 Å². The minimum absolute atomic E-state index is 0.194. The van der Waals surface area contributed by atoms with Gasteiger partial charge in [0, 0.05) is 6.54 Å². The van der Waals surface area contributed by atoms with Crippen molar-refractivity contribution in [3.8, 4) is 6.07 Å². The van der Waals surface area contributed by atoms with Gasteiger partial charge in [0.15, 0.2) is 0 Å². The molecule has 2 N–H and O–H groups in total. The highest BCUT2D eigenvalue weighted by molar-refractivity contribution is 5.73. The lowest BCUT2D eigenvalue weighted by Crippen LogP contribution is -2.10. The summed E-state index contributed by atoms with van der Waals surface area (Å²) >= 11 is 0. The molecule has 1 rings (SSSR count). The molecule has 0 spiro atoms. The summed E-state index contributed by atoms with van der Waals surface area (Å²) in [5, 5.41) is 9.07. The van der Waals surface area contributed by atoms with Crippen molar-refractivity contribution >= 4 is 5.97 Å². The van der Waals surface area contributed by atoms with Crippen LogP contribution >= 0.6 is 0 Å². The fourth-order valence-electron chi connectivity index (χ4n) is 1.70. The smallest absolute Gasteiger partial charge is 0.310 e. The number of rotatable bonds is 4. The lowest BCUT2D eigenvalue weighted by Gasteiger charge is -2.10. The highest BCUT2D eigenvalue weighted by Gasteiger charge is 2.12. The summed E-state index contributed by atoms with van der Waals surface area (Å²) in [5.41, 5.74) is 8.54. The first-order valence-corrected chi connectivity index (χ1v) is 5.51. The van der Waals surface area contributed by atoms with Crippen LogP contribution in [0.2, 0.25) is 0 Å². The number of nitrogens with zero attached hydrogens (tertiary/aromatic N) is 1. The molecule has 0 aliphatic rings. The molecule has 0 amide bonds. The van der Waals surface area contributed by atoms with Gasteiger partial charge in [-0.3, -0.25) is 4.79 Å². The van der Waals surface area contributed by atoms with Crippen molar-refractivity contribution in [1.29, 1.82) is 5.26 Å². The van der Waals surface area contributed by atoms with Crippen molar-refractivity contribution in [1.82, 2.24) is 0 Å². The molecule has 1 aromatic rings. The average molecular weight is 232 g/mol. The summed E-state index contributed by atoms with van der Waals surface area (Å²) < 4.78 is 4.88. The molecule has 0 saturated heterocycles. The molecule has 0 aliphatic heterocycles. The molecule has 4 heteroatoms. The van der Waals surface area contributed by atoms with Gasteiger partial charge in [0.2, 0.25) is 0 Å². The third kappa shape index (κ3) is 3.05. The molecule has 1 aromatic carbocycles. The van der Waals surface area contributed by atoms with Gasteiger partial charge in [0.05, 0.1) is 24.7 Å². The maximum Gasteiger partial charge on any atom is 0.310 e. The summed E-state index contributed by atoms with van der Waals surface area (Å²) in [4.78, 5) is 11.4. The molecule has 0 saturated carbocycles. The zero-order valence-corrected chi connectivity index (χ0v) is 10.1. The number of benzene rings is 1. The van der Waals surface area contributed by atoms with Crippen LogP contribution in [0.4, 0.5) is 0 Å². The zero-order chi connectivity index (χ0) is 12.8. The van der Waals surface area contributed by atoms with Gasteiger partial charge in [-0.05, 0) is 30.5 Å². The van der Waals surface area contributed by atoms with E-state index in [4.69, 9.17) is 15.7 Å². The predicted molar refractivity (Wildman–Crippen MR) is 64.1 cm³/mol. The molecule has 0 aromatic heterocycles. The Bertz CT molecular complexity index is 461. The Balaban J connectivity index is 3.04. The van der Waals surface area contributed by atoms with Crippen LogP contribution in [-0.2, 0) is 22.5 Å². The van der Waals surface area contributed by atoms with E-state index in [1.54, 1.807) is 13.0 Å². The average Bonchev–Trinajstić information content (AvgIpc) is 2.31. The number of nitrogens with two attached hydrogens (primary N) is 1. The minimum atomic E-state index is -0.278. The van der Waals surface area contributed by atoms with Gasteiger partial charge >= 0.3 is 5.97 Å². The van der Waals surface area contributed by atoms with Gasteiger partial charge in [-0.15, -0.1) is 0 Å². The molecule has 0 radical (unpaired) electrons. The van der Waals surface area contributed by atoms with E-state index >= 15 is 0 Å². The van der Waals surface area contributed by atoms with Crippen molar-refractivity contribution < 1.29 is 9.53 Å². The van der Waals surface area contributed by atoms with Gasteiger partial charge in [-0.1, -0.05) is 12.1 Å². The van der Waals surface area contributed by atoms with Crippen LogP contribution in [0.1, 0.15) is 29.2 Å². The molecule has 17 heavy (non-hydrogen) atoms. The number of carbonyl (C=O) groups is 1. The van der Waals surface area contributed by atoms with Crippen LogP contribution in [0.15, 0.2) is 12.1 Å². The van der Waals surface area contributed by atoms with Crippen molar-refractivity contribution in [3.05, 3.63) is 34.4 Å². The van der Waals surface area contributed by atoms with Crippen LogP contribution < -0.4 is 5.73 Å². The zero-order valence-electron chi connectivity index (χ0n) is 10.1. The Hall–Kier alpha value is -1.86. The summed E-state index contributed by atoms with van der Waals surface area (Å²) in [5.74, 6) is -0.278. The Morgan fingerprint density at radius 3 is 2.65 bits per heavy atom. The quantitative estimate of drug-likeness (QED) is 0.797. The number of hydrogen-bond acceptors (Lipinski definition) is 4. The maximum atomic E-state index is 11.4. The van der Waals surface area contributed by atoms with Crippen LogP contribution in [0, 0.1) is 18.3 Å².